The number of phenolic OH excluding ortho intramolecular Hbond substituents is 1. The Balaban J connectivity index is 2.78. The van der Waals surface area contributed by atoms with E-state index in [-0.39, 0.29) is 5.78 Å². The van der Waals surface area contributed by atoms with Gasteiger partial charge in [0.2, 0.25) is 0 Å². The molecule has 3 nitrogen and oxygen atoms in total. The van der Waals surface area contributed by atoms with Crippen LogP contribution in [-0.4, -0.2) is 16.9 Å². The third-order valence-electron chi connectivity index (χ3n) is 1.99. The molecule has 0 fully saturated rings. The van der Waals surface area contributed by atoms with Crippen molar-refractivity contribution in [3.05, 3.63) is 29.6 Å². The van der Waals surface area contributed by atoms with Crippen molar-refractivity contribution in [2.24, 2.45) is 5.73 Å². The van der Waals surface area contributed by atoms with Gasteiger partial charge in [0, 0.05) is 0 Å². The van der Waals surface area contributed by atoms with Crippen LogP contribution in [0.1, 0.15) is 12.5 Å². The number of phenols is 1. The molecular formula is C10H12FNO2. The molecule has 1 aromatic rings. The summed E-state index contributed by atoms with van der Waals surface area (Å²) in [6.45, 7) is 1.40. The minimum Gasteiger partial charge on any atom is -0.505 e. The van der Waals surface area contributed by atoms with Crippen molar-refractivity contribution >= 4 is 5.78 Å². The number of benzene rings is 1. The highest BCUT2D eigenvalue weighted by Gasteiger charge is 2.10. The minimum atomic E-state index is -0.676. The lowest BCUT2D eigenvalue weighted by atomic mass is 10.0. The predicted octanol–water partition coefficient (Wildman–Crippen LogP) is 0.990. The fourth-order valence-electron chi connectivity index (χ4n) is 1.08. The standard InChI is InChI=1S/C10H12FNO2/c1-6(13)9(12)4-7-2-3-8(11)10(14)5-7/h2-3,5,9,14H,4,12H2,1H3/t9-/m0/s1. The molecule has 4 heteroatoms. The molecule has 0 aromatic heterocycles. The molecule has 14 heavy (non-hydrogen) atoms. The summed E-state index contributed by atoms with van der Waals surface area (Å²) < 4.78 is 12.6. The number of hydrogen-bond donors (Lipinski definition) is 2. The fourth-order valence-corrected chi connectivity index (χ4v) is 1.08. The van der Waals surface area contributed by atoms with Crippen LogP contribution in [-0.2, 0) is 11.2 Å². The second-order valence-corrected chi connectivity index (χ2v) is 3.21. The Kier molecular flexibility index (Phi) is 3.19. The first kappa shape index (κ1) is 10.7. The topological polar surface area (TPSA) is 63.3 Å². The van der Waals surface area contributed by atoms with E-state index in [9.17, 15) is 9.18 Å². The number of carbonyl (C=O) groups excluding carboxylic acids is 1. The largest absolute Gasteiger partial charge is 0.505 e. The molecule has 0 radical (unpaired) electrons. The molecule has 1 aromatic carbocycles. The second-order valence-electron chi connectivity index (χ2n) is 3.21. The Morgan fingerprint density at radius 3 is 2.79 bits per heavy atom. The number of rotatable bonds is 3. The van der Waals surface area contributed by atoms with E-state index in [0.717, 1.165) is 6.07 Å². The smallest absolute Gasteiger partial charge is 0.164 e. The monoisotopic (exact) mass is 197 g/mol. The van der Waals surface area contributed by atoms with Crippen LogP contribution in [0.5, 0.6) is 5.75 Å². The molecule has 1 rings (SSSR count). The Hall–Kier alpha value is -1.42. The molecular weight excluding hydrogens is 185 g/mol. The van der Waals surface area contributed by atoms with Gasteiger partial charge in [-0.25, -0.2) is 4.39 Å². The zero-order valence-corrected chi connectivity index (χ0v) is 7.83. The lowest BCUT2D eigenvalue weighted by molar-refractivity contribution is -0.118. The van der Waals surface area contributed by atoms with E-state index in [4.69, 9.17) is 10.8 Å². The Morgan fingerprint density at radius 2 is 2.29 bits per heavy atom. The maximum atomic E-state index is 12.6. The summed E-state index contributed by atoms with van der Waals surface area (Å²) in [4.78, 5) is 10.8. The van der Waals surface area contributed by atoms with Crippen molar-refractivity contribution in [1.82, 2.24) is 0 Å². The van der Waals surface area contributed by atoms with Crippen molar-refractivity contribution < 1.29 is 14.3 Å². The summed E-state index contributed by atoms with van der Waals surface area (Å²) in [7, 11) is 0. The first-order valence-electron chi connectivity index (χ1n) is 4.24. The van der Waals surface area contributed by atoms with Gasteiger partial charge in [-0.15, -0.1) is 0 Å². The minimum absolute atomic E-state index is 0.131. The van der Waals surface area contributed by atoms with Gasteiger partial charge in [0.1, 0.15) is 5.78 Å². The molecule has 0 amide bonds. The van der Waals surface area contributed by atoms with Gasteiger partial charge in [0.25, 0.3) is 0 Å². The summed E-state index contributed by atoms with van der Waals surface area (Å²) in [5.74, 6) is -1.22. The molecule has 0 saturated carbocycles. The van der Waals surface area contributed by atoms with E-state index in [1.165, 1.54) is 19.1 Å². The van der Waals surface area contributed by atoms with E-state index in [1.54, 1.807) is 0 Å². The quantitative estimate of drug-likeness (QED) is 0.759. The Labute approximate surface area is 81.4 Å². The highest BCUT2D eigenvalue weighted by molar-refractivity contribution is 5.81. The maximum absolute atomic E-state index is 12.6. The number of carbonyl (C=O) groups is 1. The molecule has 0 spiro atoms. The number of ketones is 1. The number of hydrogen-bond acceptors (Lipinski definition) is 3. The molecule has 0 heterocycles. The number of aromatic hydroxyl groups is 1. The zero-order valence-electron chi connectivity index (χ0n) is 7.83. The van der Waals surface area contributed by atoms with Gasteiger partial charge in [-0.3, -0.25) is 4.79 Å². The summed E-state index contributed by atoms with van der Waals surface area (Å²) >= 11 is 0. The van der Waals surface area contributed by atoms with Crippen LogP contribution >= 0.6 is 0 Å². The summed E-state index contributed by atoms with van der Waals surface area (Å²) in [5, 5.41) is 9.05. The van der Waals surface area contributed by atoms with E-state index in [0.29, 0.717) is 12.0 Å². The lowest BCUT2D eigenvalue weighted by Gasteiger charge is -2.07. The summed E-state index contributed by atoms with van der Waals surface area (Å²) in [5.41, 5.74) is 6.16. The maximum Gasteiger partial charge on any atom is 0.164 e. The normalized spacial score (nSPS) is 12.5. The van der Waals surface area contributed by atoms with Gasteiger partial charge in [0.15, 0.2) is 11.6 Å². The molecule has 0 bridgehead atoms. The zero-order chi connectivity index (χ0) is 10.7. The van der Waals surface area contributed by atoms with Gasteiger partial charge in [-0.05, 0) is 31.0 Å². The van der Waals surface area contributed by atoms with Crippen molar-refractivity contribution in [2.75, 3.05) is 0 Å². The van der Waals surface area contributed by atoms with Crippen LogP contribution in [0.25, 0.3) is 0 Å². The molecule has 0 aliphatic carbocycles. The van der Waals surface area contributed by atoms with E-state index < -0.39 is 17.6 Å². The van der Waals surface area contributed by atoms with Crippen LogP contribution in [0.4, 0.5) is 4.39 Å². The molecule has 0 saturated heterocycles. The van der Waals surface area contributed by atoms with Crippen LogP contribution in [0.15, 0.2) is 18.2 Å². The highest BCUT2D eigenvalue weighted by atomic mass is 19.1. The van der Waals surface area contributed by atoms with Crippen LogP contribution in [0.2, 0.25) is 0 Å². The van der Waals surface area contributed by atoms with Gasteiger partial charge in [0.05, 0.1) is 6.04 Å². The Bertz CT molecular complexity index is 352. The molecule has 0 unspecified atom stereocenters. The van der Waals surface area contributed by atoms with Gasteiger partial charge in [-0.1, -0.05) is 6.07 Å². The molecule has 0 aliphatic rings. The molecule has 3 N–H and O–H groups in total. The second kappa shape index (κ2) is 4.19. The number of Topliss-reactive ketones (excluding diaryl/α,β-unsaturated/α-hetero) is 1. The van der Waals surface area contributed by atoms with Crippen molar-refractivity contribution in [1.29, 1.82) is 0 Å². The van der Waals surface area contributed by atoms with Crippen LogP contribution in [0, 0.1) is 5.82 Å². The SMILES string of the molecule is CC(=O)[C@@H](N)Cc1ccc(F)c(O)c1. The fraction of sp³-hybridized carbons (Fsp3) is 0.300. The first-order valence-corrected chi connectivity index (χ1v) is 4.24. The van der Waals surface area contributed by atoms with Crippen molar-refractivity contribution in [3.63, 3.8) is 0 Å². The average Bonchev–Trinajstić information content (AvgIpc) is 2.11. The average molecular weight is 197 g/mol. The van der Waals surface area contributed by atoms with E-state index in [1.807, 2.05) is 0 Å². The molecule has 1 atom stereocenters. The third-order valence-corrected chi connectivity index (χ3v) is 1.99. The molecule has 0 aliphatic heterocycles. The first-order chi connectivity index (χ1) is 6.50. The Morgan fingerprint density at radius 1 is 1.64 bits per heavy atom. The van der Waals surface area contributed by atoms with Gasteiger partial charge >= 0.3 is 0 Å². The summed E-state index contributed by atoms with van der Waals surface area (Å²) in [6.07, 6.45) is 0.309. The lowest BCUT2D eigenvalue weighted by Crippen LogP contribution is -2.30. The predicted molar refractivity (Wildman–Crippen MR) is 50.4 cm³/mol. The van der Waals surface area contributed by atoms with Gasteiger partial charge < -0.3 is 10.8 Å². The van der Waals surface area contributed by atoms with E-state index >= 15 is 0 Å². The molecule has 76 valence electrons. The van der Waals surface area contributed by atoms with Crippen LogP contribution < -0.4 is 5.73 Å². The van der Waals surface area contributed by atoms with Crippen molar-refractivity contribution in [3.8, 4) is 5.75 Å². The summed E-state index contributed by atoms with van der Waals surface area (Å²) in [6, 6.07) is 3.33. The third kappa shape index (κ3) is 2.53. The van der Waals surface area contributed by atoms with Crippen LogP contribution in [0.3, 0.4) is 0 Å². The van der Waals surface area contributed by atoms with Gasteiger partial charge in [-0.2, -0.15) is 0 Å². The highest BCUT2D eigenvalue weighted by Crippen LogP contribution is 2.17. The van der Waals surface area contributed by atoms with Crippen molar-refractivity contribution in [2.45, 2.75) is 19.4 Å². The number of halogens is 1. The number of nitrogens with two attached hydrogens (primary N) is 1. The van der Waals surface area contributed by atoms with E-state index in [2.05, 4.69) is 0 Å².